The Morgan fingerprint density at radius 2 is 1.73 bits per heavy atom. The molecule has 1 N–H and O–H groups in total. The number of halogens is 2. The molecule has 33 heavy (non-hydrogen) atoms. The maximum Gasteiger partial charge on any atom is 0.251 e. The fourth-order valence-corrected chi connectivity index (χ4v) is 4.95. The number of rotatable bonds is 5. The van der Waals surface area contributed by atoms with E-state index in [1.807, 2.05) is 11.0 Å². The largest absolute Gasteiger partial charge is 0.448 e. The number of carbonyl (C=O) groups excluding carboxylic acids is 2. The van der Waals surface area contributed by atoms with Crippen molar-refractivity contribution in [1.29, 1.82) is 0 Å². The van der Waals surface area contributed by atoms with Crippen molar-refractivity contribution >= 4 is 17.4 Å². The maximum atomic E-state index is 13.9. The number of fused-ring (bicyclic) bond motifs is 1. The SMILES string of the molecule is O=C(CN1CCC(C(=O)c2cc(F)ccc2F)CC1)Nc1ccc2c(c1)OC1(CCCC1)O2. The summed E-state index contributed by atoms with van der Waals surface area (Å²) < 4.78 is 39.4. The van der Waals surface area contributed by atoms with Crippen LogP contribution < -0.4 is 14.8 Å². The van der Waals surface area contributed by atoms with Gasteiger partial charge in [0.25, 0.3) is 5.79 Å². The fraction of sp³-hybridized carbons (Fsp3) is 0.440. The number of piperidine rings is 1. The van der Waals surface area contributed by atoms with Gasteiger partial charge in [-0.1, -0.05) is 0 Å². The van der Waals surface area contributed by atoms with Crippen LogP contribution in [0.5, 0.6) is 11.5 Å². The summed E-state index contributed by atoms with van der Waals surface area (Å²) in [5, 5.41) is 2.90. The van der Waals surface area contributed by atoms with Crippen LogP contribution in [0.1, 0.15) is 48.9 Å². The first-order valence-corrected chi connectivity index (χ1v) is 11.4. The predicted molar refractivity (Wildman–Crippen MR) is 117 cm³/mol. The second kappa shape index (κ2) is 8.74. The third-order valence-corrected chi connectivity index (χ3v) is 6.70. The zero-order chi connectivity index (χ0) is 23.0. The van der Waals surface area contributed by atoms with E-state index in [9.17, 15) is 18.4 Å². The molecule has 2 aromatic rings. The first-order valence-electron chi connectivity index (χ1n) is 11.4. The predicted octanol–water partition coefficient (Wildman–Crippen LogP) is 4.54. The van der Waals surface area contributed by atoms with E-state index in [1.165, 1.54) is 0 Å². The normalized spacial score (nSPS) is 19.7. The molecule has 1 spiro atoms. The lowest BCUT2D eigenvalue weighted by Crippen LogP contribution is -2.40. The summed E-state index contributed by atoms with van der Waals surface area (Å²) in [6, 6.07) is 8.34. The topological polar surface area (TPSA) is 67.9 Å². The van der Waals surface area contributed by atoms with Gasteiger partial charge in [0.15, 0.2) is 17.3 Å². The lowest BCUT2D eigenvalue weighted by atomic mass is 9.88. The fourth-order valence-electron chi connectivity index (χ4n) is 4.95. The van der Waals surface area contributed by atoms with Crippen molar-refractivity contribution in [3.05, 3.63) is 53.6 Å². The Balaban J connectivity index is 1.13. The minimum atomic E-state index is -0.703. The summed E-state index contributed by atoms with van der Waals surface area (Å²) in [5.41, 5.74) is 0.442. The van der Waals surface area contributed by atoms with Gasteiger partial charge in [0, 0.05) is 30.5 Å². The van der Waals surface area contributed by atoms with Gasteiger partial charge in [-0.15, -0.1) is 0 Å². The molecule has 1 saturated heterocycles. The number of Topliss-reactive ketones (excluding diaryl/α,β-unsaturated/α-hetero) is 1. The van der Waals surface area contributed by atoms with E-state index in [-0.39, 0.29) is 29.7 Å². The van der Waals surface area contributed by atoms with Crippen LogP contribution in [-0.4, -0.2) is 42.0 Å². The average molecular weight is 456 g/mol. The van der Waals surface area contributed by atoms with Gasteiger partial charge in [-0.2, -0.15) is 0 Å². The number of ether oxygens (including phenoxy) is 2. The minimum absolute atomic E-state index is 0.162. The number of hydrogen-bond acceptors (Lipinski definition) is 5. The van der Waals surface area contributed by atoms with Gasteiger partial charge in [0.1, 0.15) is 11.6 Å². The number of benzene rings is 2. The summed E-state index contributed by atoms with van der Waals surface area (Å²) >= 11 is 0. The number of anilines is 1. The molecular weight excluding hydrogens is 430 g/mol. The molecule has 2 aromatic carbocycles. The molecule has 1 aliphatic carbocycles. The molecule has 0 radical (unpaired) electrons. The lowest BCUT2D eigenvalue weighted by Gasteiger charge is -2.30. The van der Waals surface area contributed by atoms with E-state index in [0.29, 0.717) is 43.1 Å². The molecule has 0 unspecified atom stereocenters. The van der Waals surface area contributed by atoms with Gasteiger partial charge in [-0.25, -0.2) is 8.78 Å². The molecule has 2 fully saturated rings. The Morgan fingerprint density at radius 1 is 1.00 bits per heavy atom. The molecule has 174 valence electrons. The van der Waals surface area contributed by atoms with Crippen LogP contribution in [0, 0.1) is 17.6 Å². The first kappa shape index (κ1) is 21.8. The highest BCUT2D eigenvalue weighted by Gasteiger charge is 2.44. The van der Waals surface area contributed by atoms with Gasteiger partial charge < -0.3 is 14.8 Å². The Morgan fingerprint density at radius 3 is 2.48 bits per heavy atom. The van der Waals surface area contributed by atoms with Gasteiger partial charge in [-0.3, -0.25) is 14.5 Å². The van der Waals surface area contributed by atoms with Gasteiger partial charge in [0.2, 0.25) is 5.91 Å². The zero-order valence-electron chi connectivity index (χ0n) is 18.2. The Hall–Kier alpha value is -3.00. The third-order valence-electron chi connectivity index (χ3n) is 6.70. The van der Waals surface area contributed by atoms with Gasteiger partial charge in [0.05, 0.1) is 12.1 Å². The van der Waals surface area contributed by atoms with E-state index in [1.54, 1.807) is 12.1 Å². The van der Waals surface area contributed by atoms with E-state index >= 15 is 0 Å². The Bertz CT molecular complexity index is 1080. The Kier molecular flexibility index (Phi) is 5.78. The van der Waals surface area contributed by atoms with Gasteiger partial charge >= 0.3 is 0 Å². The zero-order valence-corrected chi connectivity index (χ0v) is 18.2. The van der Waals surface area contributed by atoms with E-state index in [4.69, 9.17) is 9.47 Å². The highest BCUT2D eigenvalue weighted by Crippen LogP contribution is 2.47. The van der Waals surface area contributed by atoms with E-state index < -0.39 is 17.4 Å². The van der Waals surface area contributed by atoms with Crippen molar-refractivity contribution in [3.8, 4) is 11.5 Å². The number of amides is 1. The summed E-state index contributed by atoms with van der Waals surface area (Å²) in [6.45, 7) is 1.25. The summed E-state index contributed by atoms with van der Waals surface area (Å²) in [7, 11) is 0. The van der Waals surface area contributed by atoms with Crippen LogP contribution in [0.4, 0.5) is 14.5 Å². The van der Waals surface area contributed by atoms with Crippen LogP contribution in [0.3, 0.4) is 0 Å². The third kappa shape index (κ3) is 4.57. The number of likely N-dealkylation sites (tertiary alicyclic amines) is 1. The van der Waals surface area contributed by atoms with Crippen molar-refractivity contribution in [2.24, 2.45) is 5.92 Å². The molecule has 0 aromatic heterocycles. The van der Waals surface area contributed by atoms with Crippen molar-refractivity contribution in [3.63, 3.8) is 0 Å². The molecule has 0 atom stereocenters. The van der Waals surface area contributed by atoms with Crippen molar-refractivity contribution in [2.45, 2.75) is 44.3 Å². The summed E-state index contributed by atoms with van der Waals surface area (Å²) in [5.74, 6) is -1.43. The number of nitrogens with zero attached hydrogens (tertiary/aromatic N) is 1. The maximum absolute atomic E-state index is 13.9. The van der Waals surface area contributed by atoms with Crippen LogP contribution >= 0.6 is 0 Å². The quantitative estimate of drug-likeness (QED) is 0.669. The molecular formula is C25H26F2N2O4. The molecule has 6 nitrogen and oxygen atoms in total. The highest BCUT2D eigenvalue weighted by atomic mass is 19.1. The molecule has 0 bridgehead atoms. The minimum Gasteiger partial charge on any atom is -0.448 e. The number of carbonyl (C=O) groups is 2. The lowest BCUT2D eigenvalue weighted by molar-refractivity contribution is -0.117. The first-order chi connectivity index (χ1) is 15.9. The summed E-state index contributed by atoms with van der Waals surface area (Å²) in [4.78, 5) is 27.1. The monoisotopic (exact) mass is 456 g/mol. The molecule has 3 aliphatic rings. The number of hydrogen-bond donors (Lipinski definition) is 1. The summed E-state index contributed by atoms with van der Waals surface area (Å²) in [6.07, 6.45) is 4.89. The van der Waals surface area contributed by atoms with E-state index in [0.717, 1.165) is 43.9 Å². The Labute approximate surface area is 190 Å². The highest BCUT2D eigenvalue weighted by molar-refractivity contribution is 5.98. The van der Waals surface area contributed by atoms with Crippen molar-refractivity contribution in [2.75, 3.05) is 25.0 Å². The van der Waals surface area contributed by atoms with Crippen molar-refractivity contribution in [1.82, 2.24) is 4.90 Å². The smallest absolute Gasteiger partial charge is 0.251 e. The molecule has 2 aliphatic heterocycles. The number of nitrogens with one attached hydrogen (secondary N) is 1. The molecule has 2 heterocycles. The van der Waals surface area contributed by atoms with Crippen LogP contribution in [0.25, 0.3) is 0 Å². The standard InChI is InChI=1S/C25H26F2N2O4/c26-17-3-5-20(27)19(13-17)24(31)16-7-11-29(12-8-16)15-23(30)28-18-4-6-21-22(14-18)33-25(32-21)9-1-2-10-25/h3-6,13-14,16H,1-2,7-12,15H2,(H,28,30). The number of ketones is 1. The molecule has 1 saturated carbocycles. The van der Waals surface area contributed by atoms with Crippen LogP contribution in [-0.2, 0) is 4.79 Å². The molecule has 1 amide bonds. The van der Waals surface area contributed by atoms with Crippen LogP contribution in [0.15, 0.2) is 36.4 Å². The molecule has 8 heteroatoms. The second-order valence-electron chi connectivity index (χ2n) is 9.07. The van der Waals surface area contributed by atoms with Crippen molar-refractivity contribution < 1.29 is 27.8 Å². The van der Waals surface area contributed by atoms with Gasteiger partial charge in [-0.05, 0) is 69.1 Å². The second-order valence-corrected chi connectivity index (χ2v) is 9.07. The van der Waals surface area contributed by atoms with Crippen LogP contribution in [0.2, 0.25) is 0 Å². The van der Waals surface area contributed by atoms with E-state index in [2.05, 4.69) is 5.32 Å². The average Bonchev–Trinajstić information content (AvgIpc) is 3.40. The molecule has 5 rings (SSSR count).